The van der Waals surface area contributed by atoms with Crippen LogP contribution in [0.1, 0.15) is 15.9 Å². The van der Waals surface area contributed by atoms with Gasteiger partial charge in [-0.2, -0.15) is 0 Å². The van der Waals surface area contributed by atoms with Gasteiger partial charge in [-0.3, -0.25) is 0 Å². The van der Waals surface area contributed by atoms with Crippen LogP contribution in [0.15, 0.2) is 53.4 Å². The molecule has 0 heterocycles. The molecule has 0 fully saturated rings. The maximum atomic E-state index is 12.4. The van der Waals surface area contributed by atoms with Crippen LogP contribution in [0.3, 0.4) is 0 Å². The average Bonchev–Trinajstić information content (AvgIpc) is 2.47. The van der Waals surface area contributed by atoms with Crippen molar-refractivity contribution in [3.05, 3.63) is 59.7 Å². The van der Waals surface area contributed by atoms with Crippen molar-refractivity contribution in [1.29, 1.82) is 0 Å². The zero-order valence-electron chi connectivity index (χ0n) is 11.4. The molecule has 0 unspecified atom stereocenters. The number of benzene rings is 2. The van der Waals surface area contributed by atoms with Crippen LogP contribution in [0, 0.1) is 0 Å². The van der Waals surface area contributed by atoms with Gasteiger partial charge in [-0.15, -0.1) is 0 Å². The molecule has 0 amide bonds. The normalized spacial score (nSPS) is 11.1. The Bertz CT molecular complexity index is 754. The van der Waals surface area contributed by atoms with Crippen molar-refractivity contribution in [2.45, 2.75) is 10.6 Å². The van der Waals surface area contributed by atoms with E-state index in [-0.39, 0.29) is 21.9 Å². The Morgan fingerprint density at radius 2 is 1.76 bits per heavy atom. The van der Waals surface area contributed by atoms with Crippen molar-refractivity contribution in [1.82, 2.24) is 0 Å². The molecule has 0 aliphatic rings. The van der Waals surface area contributed by atoms with Crippen LogP contribution in [0.2, 0.25) is 0 Å². The van der Waals surface area contributed by atoms with E-state index in [1.54, 1.807) is 30.3 Å². The molecular weight excluding hydrogens is 290 g/mol. The minimum Gasteiger partial charge on any atom is -0.465 e. The Morgan fingerprint density at radius 1 is 1.10 bits per heavy atom. The molecule has 0 spiro atoms. The highest BCUT2D eigenvalue weighted by atomic mass is 32.2. The second-order valence-electron chi connectivity index (χ2n) is 4.45. The van der Waals surface area contributed by atoms with Crippen molar-refractivity contribution in [2.75, 3.05) is 12.8 Å². The highest BCUT2D eigenvalue weighted by molar-refractivity contribution is 7.90. The summed E-state index contributed by atoms with van der Waals surface area (Å²) in [4.78, 5) is 12.0. The van der Waals surface area contributed by atoms with Gasteiger partial charge in [0.1, 0.15) is 0 Å². The number of sulfone groups is 1. The molecule has 5 nitrogen and oxygen atoms in total. The first-order chi connectivity index (χ1) is 9.95. The summed E-state index contributed by atoms with van der Waals surface area (Å²) in [6.07, 6.45) is 0. The fraction of sp³-hybridized carbons (Fsp3) is 0.133. The Kier molecular flexibility index (Phi) is 4.28. The van der Waals surface area contributed by atoms with Crippen molar-refractivity contribution in [3.63, 3.8) is 0 Å². The van der Waals surface area contributed by atoms with Gasteiger partial charge in [0.05, 0.1) is 23.3 Å². The topological polar surface area (TPSA) is 86.5 Å². The fourth-order valence-electron chi connectivity index (χ4n) is 2.01. The third kappa shape index (κ3) is 3.22. The van der Waals surface area contributed by atoms with E-state index in [9.17, 15) is 13.2 Å². The first-order valence-corrected chi connectivity index (χ1v) is 7.84. The van der Waals surface area contributed by atoms with Gasteiger partial charge in [-0.25, -0.2) is 13.2 Å². The number of anilines is 1. The second-order valence-corrected chi connectivity index (χ2v) is 6.43. The molecule has 2 rings (SSSR count). The number of carbonyl (C=O) groups is 1. The van der Waals surface area contributed by atoms with E-state index < -0.39 is 15.8 Å². The fourth-order valence-corrected chi connectivity index (χ4v) is 3.40. The molecule has 2 aromatic carbocycles. The summed E-state index contributed by atoms with van der Waals surface area (Å²) in [5.74, 6) is -0.960. The van der Waals surface area contributed by atoms with Crippen molar-refractivity contribution in [3.8, 4) is 0 Å². The quantitative estimate of drug-likeness (QED) is 0.690. The van der Waals surface area contributed by atoms with Gasteiger partial charge >= 0.3 is 5.97 Å². The largest absolute Gasteiger partial charge is 0.465 e. The number of methoxy groups -OCH3 is 1. The summed E-state index contributed by atoms with van der Waals surface area (Å²) in [7, 11) is -2.33. The molecule has 0 radical (unpaired) electrons. The van der Waals surface area contributed by atoms with Gasteiger partial charge in [-0.1, -0.05) is 30.3 Å². The molecular formula is C15H15NO4S. The van der Waals surface area contributed by atoms with E-state index in [0.717, 1.165) is 0 Å². The minimum atomic E-state index is -3.56. The number of carbonyl (C=O) groups excluding carboxylic acids is 1. The first kappa shape index (κ1) is 15.1. The number of hydrogen-bond acceptors (Lipinski definition) is 5. The molecule has 0 bridgehead atoms. The maximum absolute atomic E-state index is 12.4. The minimum absolute atomic E-state index is 0.0968. The molecule has 2 N–H and O–H groups in total. The lowest BCUT2D eigenvalue weighted by atomic mass is 10.1. The predicted octanol–water partition coefficient (Wildman–Crippen LogP) is 2.03. The monoisotopic (exact) mass is 305 g/mol. The lowest BCUT2D eigenvalue weighted by Crippen LogP contribution is -2.13. The molecule has 110 valence electrons. The summed E-state index contributed by atoms with van der Waals surface area (Å²) in [5.41, 5.74) is 6.38. The lowest BCUT2D eigenvalue weighted by molar-refractivity contribution is 0.0601. The van der Waals surface area contributed by atoms with E-state index in [4.69, 9.17) is 5.73 Å². The number of nitrogen functional groups attached to an aromatic ring is 1. The standard InChI is InChI=1S/C15H15NO4S/c1-20-15(17)14-11(6-5-9-13(14)16)10-21(18,19)12-7-3-2-4-8-12/h2-9H,10,16H2,1H3. The van der Waals surface area contributed by atoms with E-state index in [1.807, 2.05) is 0 Å². The molecule has 0 aliphatic carbocycles. The Labute approximate surface area is 123 Å². The van der Waals surface area contributed by atoms with Crippen molar-refractivity contribution >= 4 is 21.5 Å². The van der Waals surface area contributed by atoms with E-state index in [1.165, 1.54) is 25.3 Å². The van der Waals surface area contributed by atoms with E-state index >= 15 is 0 Å². The highest BCUT2D eigenvalue weighted by Crippen LogP contribution is 2.23. The summed E-state index contributed by atoms with van der Waals surface area (Å²) >= 11 is 0. The molecule has 0 atom stereocenters. The Hall–Kier alpha value is -2.34. The van der Waals surface area contributed by atoms with Gasteiger partial charge in [0, 0.05) is 5.69 Å². The molecule has 0 saturated heterocycles. The number of hydrogen-bond donors (Lipinski definition) is 1. The second kappa shape index (κ2) is 5.97. The molecule has 2 aromatic rings. The smallest absolute Gasteiger partial charge is 0.340 e. The SMILES string of the molecule is COC(=O)c1c(N)cccc1CS(=O)(=O)c1ccccc1. The predicted molar refractivity (Wildman–Crippen MR) is 79.5 cm³/mol. The number of ether oxygens (including phenoxy) is 1. The van der Waals surface area contributed by atoms with Crippen molar-refractivity contribution in [2.24, 2.45) is 0 Å². The summed E-state index contributed by atoms with van der Waals surface area (Å²) in [6, 6.07) is 12.8. The maximum Gasteiger partial charge on any atom is 0.340 e. The zero-order chi connectivity index (χ0) is 15.5. The summed E-state index contributed by atoms with van der Waals surface area (Å²) < 4.78 is 29.4. The van der Waals surface area contributed by atoms with E-state index in [2.05, 4.69) is 4.74 Å². The molecule has 0 aliphatic heterocycles. The van der Waals surface area contributed by atoms with Gasteiger partial charge < -0.3 is 10.5 Å². The number of esters is 1. The van der Waals surface area contributed by atoms with Gasteiger partial charge in [0.15, 0.2) is 9.84 Å². The third-order valence-electron chi connectivity index (χ3n) is 3.02. The third-order valence-corrected chi connectivity index (χ3v) is 4.70. The molecule has 0 saturated carbocycles. The number of rotatable bonds is 4. The molecule has 21 heavy (non-hydrogen) atoms. The van der Waals surface area contributed by atoms with Crippen LogP contribution >= 0.6 is 0 Å². The summed E-state index contributed by atoms with van der Waals surface area (Å²) in [6.45, 7) is 0. The highest BCUT2D eigenvalue weighted by Gasteiger charge is 2.21. The Morgan fingerprint density at radius 3 is 2.38 bits per heavy atom. The number of nitrogens with two attached hydrogens (primary N) is 1. The summed E-state index contributed by atoms with van der Waals surface area (Å²) in [5, 5.41) is 0. The van der Waals surface area contributed by atoms with Crippen LogP contribution in [0.25, 0.3) is 0 Å². The van der Waals surface area contributed by atoms with E-state index in [0.29, 0.717) is 5.56 Å². The zero-order valence-corrected chi connectivity index (χ0v) is 12.3. The Balaban J connectivity index is 2.45. The van der Waals surface area contributed by atoms with Crippen molar-refractivity contribution < 1.29 is 17.9 Å². The molecule has 0 aromatic heterocycles. The van der Waals surface area contributed by atoms with Gasteiger partial charge in [0.25, 0.3) is 0 Å². The lowest BCUT2D eigenvalue weighted by Gasteiger charge is -2.11. The first-order valence-electron chi connectivity index (χ1n) is 6.19. The van der Waals surface area contributed by atoms with Crippen LogP contribution < -0.4 is 5.73 Å². The molecule has 6 heteroatoms. The van der Waals surface area contributed by atoms with Crippen LogP contribution in [-0.2, 0) is 20.3 Å². The van der Waals surface area contributed by atoms with Gasteiger partial charge in [0.2, 0.25) is 0 Å². The van der Waals surface area contributed by atoms with Crippen LogP contribution in [0.4, 0.5) is 5.69 Å². The average molecular weight is 305 g/mol. The van der Waals surface area contributed by atoms with Gasteiger partial charge in [-0.05, 0) is 23.8 Å². The van der Waals surface area contributed by atoms with Crippen LogP contribution in [-0.4, -0.2) is 21.5 Å². The van der Waals surface area contributed by atoms with Crippen LogP contribution in [0.5, 0.6) is 0 Å².